The zero-order valence-corrected chi connectivity index (χ0v) is 17.6. The number of aryl methyl sites for hydroxylation is 1. The lowest BCUT2D eigenvalue weighted by atomic mass is 10.1. The van der Waals surface area contributed by atoms with Crippen LogP contribution in [0.5, 0.6) is 0 Å². The number of imidazole rings is 1. The van der Waals surface area contributed by atoms with Gasteiger partial charge in [-0.3, -0.25) is 0 Å². The second kappa shape index (κ2) is 7.02. The number of nitrogens with zero attached hydrogens (tertiary/aromatic N) is 3. The Morgan fingerprint density at radius 2 is 1.73 bits per heavy atom. The minimum atomic E-state index is 1.16. The number of benzene rings is 2. The second-order valence-electron chi connectivity index (χ2n) is 8.72. The van der Waals surface area contributed by atoms with Crippen molar-refractivity contribution in [2.45, 2.75) is 39.0 Å². The molecule has 0 bridgehead atoms. The number of fused-ring (bicyclic) bond motifs is 7. The summed E-state index contributed by atoms with van der Waals surface area (Å²) in [6, 6.07) is 23.0. The Balaban J connectivity index is 1.54. The number of unbranched alkanes of at least 4 members (excludes halogenated alkanes) is 1. The van der Waals surface area contributed by atoms with Gasteiger partial charge >= 0.3 is 0 Å². The van der Waals surface area contributed by atoms with Crippen LogP contribution < -0.4 is 9.30 Å². The van der Waals surface area contributed by atoms with Crippen LogP contribution in [0, 0.1) is 0 Å². The normalized spacial score (nSPS) is 14.6. The second-order valence-corrected chi connectivity index (χ2v) is 8.72. The molecule has 3 heteroatoms. The molecule has 1 aliphatic heterocycles. The molecule has 30 heavy (non-hydrogen) atoms. The molecule has 0 aliphatic carbocycles. The number of hydrogen-bond acceptors (Lipinski definition) is 1. The minimum absolute atomic E-state index is 1.16. The van der Waals surface area contributed by atoms with Gasteiger partial charge in [-0.25, -0.2) is 0 Å². The van der Waals surface area contributed by atoms with Gasteiger partial charge in [0.2, 0.25) is 0 Å². The van der Waals surface area contributed by atoms with E-state index in [4.69, 9.17) is 0 Å². The molecule has 150 valence electrons. The Morgan fingerprint density at radius 3 is 2.60 bits per heavy atom. The van der Waals surface area contributed by atoms with Gasteiger partial charge in [0, 0.05) is 35.6 Å². The van der Waals surface area contributed by atoms with Crippen LogP contribution in [0.3, 0.4) is 0 Å². The first-order valence-electron chi connectivity index (χ1n) is 11.4. The Labute approximate surface area is 177 Å². The molecule has 3 nitrogen and oxygen atoms in total. The summed E-state index contributed by atoms with van der Waals surface area (Å²) in [6.07, 6.45) is 8.55. The maximum absolute atomic E-state index is 2.51. The van der Waals surface area contributed by atoms with Gasteiger partial charge in [0.1, 0.15) is 17.2 Å². The largest absolute Gasteiger partial charge is 0.372 e. The van der Waals surface area contributed by atoms with E-state index in [9.17, 15) is 0 Å². The van der Waals surface area contributed by atoms with Crippen LogP contribution in [0.4, 0.5) is 5.69 Å². The highest BCUT2D eigenvalue weighted by Crippen LogP contribution is 2.27. The summed E-state index contributed by atoms with van der Waals surface area (Å²) in [7, 11) is 0. The summed E-state index contributed by atoms with van der Waals surface area (Å²) >= 11 is 0. The highest BCUT2D eigenvalue weighted by Gasteiger charge is 2.18. The van der Waals surface area contributed by atoms with Crippen molar-refractivity contribution < 1.29 is 4.40 Å². The van der Waals surface area contributed by atoms with Crippen LogP contribution in [0.15, 0.2) is 66.9 Å². The van der Waals surface area contributed by atoms with E-state index >= 15 is 0 Å². The van der Waals surface area contributed by atoms with E-state index in [2.05, 4.69) is 87.5 Å². The molecule has 5 aromatic rings. The van der Waals surface area contributed by atoms with E-state index < -0.39 is 0 Å². The molecule has 0 saturated carbocycles. The molecule has 2 aromatic carbocycles. The molecule has 0 unspecified atom stereocenters. The van der Waals surface area contributed by atoms with Gasteiger partial charge in [0.05, 0.1) is 0 Å². The molecule has 0 spiro atoms. The number of pyridine rings is 2. The smallest absolute Gasteiger partial charge is 0.292 e. The van der Waals surface area contributed by atoms with E-state index in [1.807, 2.05) is 0 Å². The lowest BCUT2D eigenvalue weighted by molar-refractivity contribution is -0.479. The maximum atomic E-state index is 2.51. The van der Waals surface area contributed by atoms with Crippen molar-refractivity contribution in [3.8, 4) is 0 Å². The topological polar surface area (TPSA) is 11.8 Å². The molecular formula is C27H28N3+. The van der Waals surface area contributed by atoms with E-state index in [1.54, 1.807) is 0 Å². The molecule has 0 radical (unpaired) electrons. The molecule has 6 rings (SSSR count). The third-order valence-corrected chi connectivity index (χ3v) is 6.73. The average Bonchev–Trinajstić information content (AvgIpc) is 3.45. The van der Waals surface area contributed by atoms with Gasteiger partial charge in [-0.1, -0.05) is 19.4 Å². The van der Waals surface area contributed by atoms with Crippen molar-refractivity contribution in [3.63, 3.8) is 0 Å². The number of aromatic nitrogens is 2. The van der Waals surface area contributed by atoms with E-state index in [1.165, 1.54) is 83.0 Å². The first kappa shape index (κ1) is 17.8. The molecule has 1 saturated heterocycles. The van der Waals surface area contributed by atoms with Gasteiger partial charge in [0.15, 0.2) is 5.52 Å². The molecule has 1 aliphatic rings. The van der Waals surface area contributed by atoms with Gasteiger partial charge in [-0.05, 0) is 79.8 Å². The van der Waals surface area contributed by atoms with E-state index in [0.29, 0.717) is 0 Å². The Hall–Kier alpha value is -3.07. The Bertz CT molecular complexity index is 1390. The molecule has 3 aromatic heterocycles. The van der Waals surface area contributed by atoms with Crippen LogP contribution in [-0.4, -0.2) is 17.5 Å². The minimum Gasteiger partial charge on any atom is -0.372 e. The third-order valence-electron chi connectivity index (χ3n) is 6.73. The fourth-order valence-corrected chi connectivity index (χ4v) is 5.11. The summed E-state index contributed by atoms with van der Waals surface area (Å²) in [5, 5.41) is 2.62. The van der Waals surface area contributed by atoms with Crippen molar-refractivity contribution >= 4 is 38.7 Å². The maximum Gasteiger partial charge on any atom is 0.292 e. The number of anilines is 1. The zero-order valence-electron chi connectivity index (χ0n) is 17.6. The van der Waals surface area contributed by atoms with Gasteiger partial charge < -0.3 is 4.90 Å². The summed E-state index contributed by atoms with van der Waals surface area (Å²) in [5.74, 6) is 0. The van der Waals surface area contributed by atoms with E-state index in [-0.39, 0.29) is 0 Å². The van der Waals surface area contributed by atoms with Crippen molar-refractivity contribution in [1.29, 1.82) is 0 Å². The van der Waals surface area contributed by atoms with Crippen molar-refractivity contribution in [2.24, 2.45) is 0 Å². The predicted molar refractivity (Wildman–Crippen MR) is 126 cm³/mol. The number of rotatable bonds is 4. The van der Waals surface area contributed by atoms with Crippen LogP contribution >= 0.6 is 0 Å². The first-order chi connectivity index (χ1) is 14.8. The monoisotopic (exact) mass is 394 g/mol. The Kier molecular flexibility index (Phi) is 4.15. The standard InChI is InChI=1S/C27H28N3/c1-2-3-6-20-7-12-25-21(17-20)9-14-27-29(25)19-24-10-8-22-18-23(28-15-4-5-16-28)11-13-26(22)30(24)27/h7-14,17-19H,2-6,15-16H2,1H3/q+1. The van der Waals surface area contributed by atoms with Crippen molar-refractivity contribution in [3.05, 3.63) is 72.4 Å². The highest BCUT2D eigenvalue weighted by atomic mass is 15.1. The molecule has 0 N–H and O–H groups in total. The van der Waals surface area contributed by atoms with E-state index in [0.717, 1.165) is 6.42 Å². The quantitative estimate of drug-likeness (QED) is 0.344. The molecule has 0 atom stereocenters. The summed E-state index contributed by atoms with van der Waals surface area (Å²) in [6.45, 7) is 4.62. The highest BCUT2D eigenvalue weighted by molar-refractivity contribution is 5.88. The molecule has 0 amide bonds. The fraction of sp³-hybridized carbons (Fsp3) is 0.296. The molecule has 1 fully saturated rings. The van der Waals surface area contributed by atoms with Crippen LogP contribution in [0.25, 0.3) is 33.0 Å². The zero-order chi connectivity index (χ0) is 20.1. The van der Waals surface area contributed by atoms with Crippen LogP contribution in [0.2, 0.25) is 0 Å². The van der Waals surface area contributed by atoms with Gasteiger partial charge in [-0.15, -0.1) is 0 Å². The summed E-state index contributed by atoms with van der Waals surface area (Å²) in [4.78, 5) is 2.51. The lowest BCUT2D eigenvalue weighted by Crippen LogP contribution is -2.20. The molecule has 4 heterocycles. The number of hydrogen-bond donors (Lipinski definition) is 0. The average molecular weight is 395 g/mol. The third kappa shape index (κ3) is 2.76. The van der Waals surface area contributed by atoms with Crippen LogP contribution in [0.1, 0.15) is 38.2 Å². The van der Waals surface area contributed by atoms with Gasteiger partial charge in [0.25, 0.3) is 5.65 Å². The summed E-state index contributed by atoms with van der Waals surface area (Å²) < 4.78 is 4.75. The first-order valence-corrected chi connectivity index (χ1v) is 11.4. The van der Waals surface area contributed by atoms with Crippen molar-refractivity contribution in [2.75, 3.05) is 18.0 Å². The fourth-order valence-electron chi connectivity index (χ4n) is 5.11. The predicted octanol–water partition coefficient (Wildman–Crippen LogP) is 5.93. The molecular weight excluding hydrogens is 366 g/mol. The lowest BCUT2D eigenvalue weighted by Gasteiger charge is -2.17. The van der Waals surface area contributed by atoms with Crippen molar-refractivity contribution in [1.82, 2.24) is 4.40 Å². The van der Waals surface area contributed by atoms with Crippen LogP contribution in [-0.2, 0) is 6.42 Å². The Morgan fingerprint density at radius 1 is 0.867 bits per heavy atom. The SMILES string of the molecule is CCCCc1ccc2c(ccc3n4c(ccc5cc(N6CCCC6)ccc54)c[n+]23)c1. The van der Waals surface area contributed by atoms with Gasteiger partial charge in [-0.2, -0.15) is 8.80 Å². The summed E-state index contributed by atoms with van der Waals surface area (Å²) in [5.41, 5.74) is 7.80.